The second-order valence-corrected chi connectivity index (χ2v) is 10.2. The maximum atomic E-state index is 12.8. The molecule has 1 amide bonds. The van der Waals surface area contributed by atoms with Gasteiger partial charge < -0.3 is 20.1 Å². The molecule has 5 rings (SSSR count). The van der Waals surface area contributed by atoms with Crippen LogP contribution in [-0.4, -0.2) is 79.3 Å². The summed E-state index contributed by atoms with van der Waals surface area (Å²) in [5.41, 5.74) is 1.25. The van der Waals surface area contributed by atoms with Gasteiger partial charge in [0.15, 0.2) is 0 Å². The van der Waals surface area contributed by atoms with E-state index in [2.05, 4.69) is 37.5 Å². The van der Waals surface area contributed by atoms with Crippen molar-refractivity contribution in [3.63, 3.8) is 0 Å². The molecule has 11 nitrogen and oxygen atoms in total. The molecule has 2 fully saturated rings. The highest BCUT2D eigenvalue weighted by atomic mass is 16.2. The number of fused-ring (bicyclic) bond motifs is 1. The van der Waals surface area contributed by atoms with E-state index in [1.165, 1.54) is 0 Å². The molecule has 1 aliphatic heterocycles. The third kappa shape index (κ3) is 5.00. The Hall–Kier alpha value is -3.47. The van der Waals surface area contributed by atoms with Crippen LogP contribution in [0.1, 0.15) is 38.6 Å². The fraction of sp³-hybridized carbons (Fsp3) is 0.542. The number of hydrogen-bond donors (Lipinski definition) is 2. The third-order valence-electron chi connectivity index (χ3n) is 6.99. The minimum absolute atomic E-state index is 0.0314. The first-order valence-corrected chi connectivity index (χ1v) is 12.1. The molecule has 186 valence electrons. The van der Waals surface area contributed by atoms with Crippen LogP contribution < -0.4 is 16.2 Å². The number of likely N-dealkylation sites (N-methyl/N-ethyl adjacent to an activating group) is 1. The molecule has 2 aliphatic rings. The minimum Gasteiger partial charge on any atom is -0.364 e. The Morgan fingerprint density at radius 2 is 1.97 bits per heavy atom. The van der Waals surface area contributed by atoms with Gasteiger partial charge in [-0.25, -0.2) is 4.98 Å². The van der Waals surface area contributed by atoms with Crippen molar-refractivity contribution in [3.8, 4) is 0 Å². The first-order chi connectivity index (χ1) is 16.7. The van der Waals surface area contributed by atoms with E-state index in [9.17, 15) is 9.59 Å². The fourth-order valence-electron chi connectivity index (χ4n) is 4.39. The molecule has 0 bridgehead atoms. The number of aromatic nitrogens is 5. The molecule has 2 N–H and O–H groups in total. The Kier molecular flexibility index (Phi) is 5.96. The summed E-state index contributed by atoms with van der Waals surface area (Å²) in [6, 6.07) is 2.12. The first-order valence-electron chi connectivity index (χ1n) is 12.1. The normalized spacial score (nSPS) is 17.9. The predicted molar refractivity (Wildman–Crippen MR) is 135 cm³/mol. The van der Waals surface area contributed by atoms with E-state index in [1.807, 2.05) is 16.9 Å². The Labute approximate surface area is 204 Å². The van der Waals surface area contributed by atoms with Gasteiger partial charge in [-0.3, -0.25) is 19.2 Å². The number of anilines is 3. The number of hydrogen-bond acceptors (Lipinski definition) is 8. The van der Waals surface area contributed by atoms with E-state index < -0.39 is 0 Å². The van der Waals surface area contributed by atoms with Gasteiger partial charge in [0.2, 0.25) is 11.9 Å². The highest BCUT2D eigenvalue weighted by Crippen LogP contribution is 2.39. The highest BCUT2D eigenvalue weighted by molar-refractivity contribution is 5.90. The number of piperidine rings is 1. The molecule has 0 radical (unpaired) electrons. The van der Waals surface area contributed by atoms with Crippen LogP contribution in [0.15, 0.2) is 29.5 Å². The molecule has 1 saturated heterocycles. The SMILES string of the molecule is CN(C)C(=O)CN1CCC(n2cc(Nc3nc(NC4(C)CC4)c4c(=O)n(C)ccc4n3)cn2)CC1. The number of carbonyl (C=O) groups is 1. The molecule has 11 heteroatoms. The quantitative estimate of drug-likeness (QED) is 0.529. The van der Waals surface area contributed by atoms with Gasteiger partial charge in [0, 0.05) is 52.2 Å². The van der Waals surface area contributed by atoms with Crippen molar-refractivity contribution < 1.29 is 4.79 Å². The Morgan fingerprint density at radius 3 is 2.66 bits per heavy atom. The number of pyridine rings is 1. The smallest absolute Gasteiger partial charge is 0.263 e. The predicted octanol–water partition coefficient (Wildman–Crippen LogP) is 1.96. The number of carbonyl (C=O) groups excluding carboxylic acids is 1. The van der Waals surface area contributed by atoms with Crippen molar-refractivity contribution in [2.24, 2.45) is 7.05 Å². The lowest BCUT2D eigenvalue weighted by atomic mass is 10.1. The molecule has 1 saturated carbocycles. The number of nitrogens with zero attached hydrogens (tertiary/aromatic N) is 7. The Morgan fingerprint density at radius 1 is 1.23 bits per heavy atom. The topological polar surface area (TPSA) is 113 Å². The van der Waals surface area contributed by atoms with Crippen LogP contribution >= 0.6 is 0 Å². The van der Waals surface area contributed by atoms with Crippen LogP contribution in [-0.2, 0) is 11.8 Å². The van der Waals surface area contributed by atoms with Crippen molar-refractivity contribution >= 4 is 34.3 Å². The molecule has 0 atom stereocenters. The van der Waals surface area contributed by atoms with Crippen molar-refractivity contribution in [1.82, 2.24) is 34.1 Å². The van der Waals surface area contributed by atoms with E-state index in [0.29, 0.717) is 29.2 Å². The van der Waals surface area contributed by atoms with Gasteiger partial charge in [0.1, 0.15) is 11.2 Å². The average molecular weight is 480 g/mol. The first kappa shape index (κ1) is 23.3. The van der Waals surface area contributed by atoms with Gasteiger partial charge in [-0.2, -0.15) is 10.1 Å². The zero-order chi connectivity index (χ0) is 24.7. The van der Waals surface area contributed by atoms with E-state index >= 15 is 0 Å². The second-order valence-electron chi connectivity index (χ2n) is 10.2. The van der Waals surface area contributed by atoms with Gasteiger partial charge in [0.25, 0.3) is 5.56 Å². The molecule has 1 aliphatic carbocycles. The maximum absolute atomic E-state index is 12.8. The summed E-state index contributed by atoms with van der Waals surface area (Å²) < 4.78 is 3.53. The minimum atomic E-state index is -0.118. The van der Waals surface area contributed by atoms with E-state index in [-0.39, 0.29) is 23.0 Å². The van der Waals surface area contributed by atoms with Gasteiger partial charge >= 0.3 is 0 Å². The standard InChI is InChI=1S/C24H33N9O2/c1-24(8-9-24)29-21-20-18(7-10-31(4)22(20)35)27-23(28-21)26-16-13-25-33(14-16)17-5-11-32(12-6-17)15-19(34)30(2)3/h7,10,13-14,17H,5-6,8-9,11-12,15H2,1-4H3,(H2,26,27,28,29). The van der Waals surface area contributed by atoms with Crippen molar-refractivity contribution in [1.29, 1.82) is 0 Å². The van der Waals surface area contributed by atoms with Crippen LogP contribution in [0.25, 0.3) is 10.9 Å². The maximum Gasteiger partial charge on any atom is 0.263 e. The molecular formula is C24H33N9O2. The lowest BCUT2D eigenvalue weighted by molar-refractivity contribution is -0.130. The van der Waals surface area contributed by atoms with Crippen LogP contribution in [0, 0.1) is 0 Å². The molecule has 3 aromatic heterocycles. The fourth-order valence-corrected chi connectivity index (χ4v) is 4.39. The summed E-state index contributed by atoms with van der Waals surface area (Å²) >= 11 is 0. The molecule has 3 aromatic rings. The van der Waals surface area contributed by atoms with Gasteiger partial charge in [-0.15, -0.1) is 0 Å². The second kappa shape index (κ2) is 8.95. The molecule has 35 heavy (non-hydrogen) atoms. The molecule has 4 heterocycles. The summed E-state index contributed by atoms with van der Waals surface area (Å²) in [6.07, 6.45) is 9.43. The van der Waals surface area contributed by atoms with Crippen molar-refractivity contribution in [2.45, 2.75) is 44.2 Å². The lowest BCUT2D eigenvalue weighted by Gasteiger charge is -2.32. The van der Waals surface area contributed by atoms with Crippen LogP contribution in [0.2, 0.25) is 0 Å². The summed E-state index contributed by atoms with van der Waals surface area (Å²) in [7, 11) is 5.31. The molecular weight excluding hydrogens is 446 g/mol. The largest absolute Gasteiger partial charge is 0.364 e. The highest BCUT2D eigenvalue weighted by Gasteiger charge is 2.38. The number of amides is 1. The van der Waals surface area contributed by atoms with Crippen LogP contribution in [0.4, 0.5) is 17.5 Å². The van der Waals surface area contributed by atoms with E-state index in [0.717, 1.165) is 44.5 Å². The molecule has 0 spiro atoms. The van der Waals surface area contributed by atoms with Crippen LogP contribution in [0.3, 0.4) is 0 Å². The summed E-state index contributed by atoms with van der Waals surface area (Å²) in [5.74, 6) is 1.12. The van der Waals surface area contributed by atoms with Gasteiger partial charge in [-0.1, -0.05) is 0 Å². The van der Waals surface area contributed by atoms with E-state index in [4.69, 9.17) is 0 Å². The number of likely N-dealkylation sites (tertiary alicyclic amines) is 1. The third-order valence-corrected chi connectivity index (χ3v) is 6.99. The van der Waals surface area contributed by atoms with Crippen molar-refractivity contribution in [2.75, 3.05) is 44.4 Å². The zero-order valence-electron chi connectivity index (χ0n) is 20.8. The van der Waals surface area contributed by atoms with Gasteiger partial charge in [0.05, 0.1) is 30.0 Å². The monoisotopic (exact) mass is 479 g/mol. The number of nitrogens with one attached hydrogen (secondary N) is 2. The van der Waals surface area contributed by atoms with E-state index in [1.54, 1.807) is 43.0 Å². The number of aryl methyl sites for hydroxylation is 1. The zero-order valence-corrected chi connectivity index (χ0v) is 20.8. The summed E-state index contributed by atoms with van der Waals surface area (Å²) in [5, 5.41) is 11.8. The average Bonchev–Trinajstić information content (AvgIpc) is 3.36. The summed E-state index contributed by atoms with van der Waals surface area (Å²) in [6.45, 7) is 4.32. The molecule has 0 aromatic carbocycles. The molecule has 0 unspecified atom stereocenters. The summed E-state index contributed by atoms with van der Waals surface area (Å²) in [4.78, 5) is 37.9. The van der Waals surface area contributed by atoms with Gasteiger partial charge in [-0.05, 0) is 38.7 Å². The Bertz CT molecular complexity index is 1300. The number of rotatable bonds is 7. The van der Waals surface area contributed by atoms with Crippen molar-refractivity contribution in [3.05, 3.63) is 35.0 Å². The Balaban J connectivity index is 1.31. The lowest BCUT2D eigenvalue weighted by Crippen LogP contribution is -2.41. The van der Waals surface area contributed by atoms with Crippen LogP contribution in [0.5, 0.6) is 0 Å².